The van der Waals surface area contributed by atoms with E-state index in [1.54, 1.807) is 10.9 Å². The lowest BCUT2D eigenvalue weighted by Crippen LogP contribution is -2.32. The van der Waals surface area contributed by atoms with E-state index in [1.807, 2.05) is 0 Å². The highest BCUT2D eigenvalue weighted by molar-refractivity contribution is 7.07. The van der Waals surface area contributed by atoms with Crippen LogP contribution in [0.3, 0.4) is 0 Å². The third-order valence-corrected chi connectivity index (χ3v) is 3.28. The Morgan fingerprint density at radius 1 is 1.58 bits per heavy atom. The van der Waals surface area contributed by atoms with Crippen molar-refractivity contribution in [1.29, 1.82) is 0 Å². The van der Waals surface area contributed by atoms with Crippen LogP contribution >= 0.6 is 11.3 Å². The number of carbonyl (C=O) groups is 1. The van der Waals surface area contributed by atoms with E-state index in [0.29, 0.717) is 36.6 Å². The van der Waals surface area contributed by atoms with Gasteiger partial charge in [0.25, 0.3) is 5.56 Å². The van der Waals surface area contributed by atoms with Gasteiger partial charge in [-0.15, -0.1) is 11.3 Å². The number of hydrogen-bond donors (Lipinski definition) is 1. The van der Waals surface area contributed by atoms with E-state index >= 15 is 0 Å². The van der Waals surface area contributed by atoms with E-state index in [0.717, 1.165) is 0 Å². The fraction of sp³-hybridized carbons (Fsp3) is 0.273. The van der Waals surface area contributed by atoms with Gasteiger partial charge in [-0.3, -0.25) is 9.36 Å². The van der Waals surface area contributed by atoms with Crippen LogP contribution in [0, 0.1) is 0 Å². The average Bonchev–Trinajstić information content (AvgIpc) is 2.96. The molecule has 1 aliphatic heterocycles. The Labute approximate surface area is 111 Å². The van der Waals surface area contributed by atoms with Crippen molar-refractivity contribution < 1.29 is 9.53 Å². The smallest absolute Gasteiger partial charge is 0.281 e. The van der Waals surface area contributed by atoms with Gasteiger partial charge in [0.05, 0.1) is 12.1 Å². The normalized spacial score (nSPS) is 13.3. The monoisotopic (exact) mass is 278 g/mol. The second-order valence-corrected chi connectivity index (χ2v) is 4.57. The first kappa shape index (κ1) is 11.8. The molecule has 19 heavy (non-hydrogen) atoms. The zero-order chi connectivity index (χ0) is 13.2. The lowest BCUT2D eigenvalue weighted by atomic mass is 10.3. The van der Waals surface area contributed by atoms with Gasteiger partial charge < -0.3 is 14.8 Å². The van der Waals surface area contributed by atoms with Gasteiger partial charge in [-0.2, -0.15) is 4.98 Å². The quantitative estimate of drug-likeness (QED) is 0.816. The van der Waals surface area contributed by atoms with E-state index in [9.17, 15) is 9.59 Å². The molecule has 2 aromatic rings. The molecule has 0 aromatic carbocycles. The highest BCUT2D eigenvalue weighted by Crippen LogP contribution is 2.25. The molecule has 3 heterocycles. The number of fused-ring (bicyclic) bond motifs is 1. The fourth-order valence-corrected chi connectivity index (χ4v) is 2.41. The number of ether oxygens (including phenoxy) is 1. The van der Waals surface area contributed by atoms with Gasteiger partial charge in [-0.1, -0.05) is 0 Å². The maximum Gasteiger partial charge on any atom is 0.281 e. The Morgan fingerprint density at radius 2 is 2.47 bits per heavy atom. The number of nitrogens with one attached hydrogen (secondary N) is 1. The molecular formula is C11H10N4O3S. The summed E-state index contributed by atoms with van der Waals surface area (Å²) in [5, 5.41) is 4.72. The average molecular weight is 278 g/mol. The number of anilines is 1. The molecule has 0 unspecified atom stereocenters. The Bertz CT molecular complexity index is 665. The standard InChI is InChI=1S/C11H10N4O3S/c16-3-2-15-9(7-5-19-6-13-7)14-10-8(11(15)17)12-1-4-18-10/h3,5-6,12H,1-2,4H2. The molecular weight excluding hydrogens is 268 g/mol. The van der Waals surface area contributed by atoms with E-state index in [4.69, 9.17) is 4.74 Å². The molecule has 0 saturated carbocycles. The molecule has 0 fully saturated rings. The topological polar surface area (TPSA) is 86.1 Å². The molecule has 0 aliphatic carbocycles. The largest absolute Gasteiger partial charge is 0.474 e. The summed E-state index contributed by atoms with van der Waals surface area (Å²) in [6.07, 6.45) is 0.662. The second-order valence-electron chi connectivity index (χ2n) is 3.85. The van der Waals surface area contributed by atoms with Crippen LogP contribution < -0.4 is 15.6 Å². The summed E-state index contributed by atoms with van der Waals surface area (Å²) < 4.78 is 6.67. The number of nitrogens with zero attached hydrogens (tertiary/aromatic N) is 3. The zero-order valence-corrected chi connectivity index (χ0v) is 10.6. The first-order chi connectivity index (χ1) is 9.31. The number of carbonyl (C=O) groups excluding carboxylic acids is 1. The highest BCUT2D eigenvalue weighted by Gasteiger charge is 2.21. The maximum atomic E-state index is 12.3. The molecule has 3 rings (SSSR count). The predicted octanol–water partition coefficient (Wildman–Crippen LogP) is 0.370. The van der Waals surface area contributed by atoms with Gasteiger partial charge >= 0.3 is 0 Å². The summed E-state index contributed by atoms with van der Waals surface area (Å²) in [5.41, 5.74) is 2.18. The van der Waals surface area contributed by atoms with Crippen molar-refractivity contribution in [3.05, 3.63) is 21.2 Å². The molecule has 0 atom stereocenters. The van der Waals surface area contributed by atoms with Gasteiger partial charge in [0.1, 0.15) is 18.6 Å². The van der Waals surface area contributed by atoms with E-state index in [-0.39, 0.29) is 18.0 Å². The fourth-order valence-electron chi connectivity index (χ4n) is 1.88. The minimum Gasteiger partial charge on any atom is -0.474 e. The van der Waals surface area contributed by atoms with Crippen LogP contribution in [-0.2, 0) is 11.3 Å². The molecule has 0 saturated heterocycles. The van der Waals surface area contributed by atoms with Crippen molar-refractivity contribution in [3.8, 4) is 17.4 Å². The van der Waals surface area contributed by atoms with Crippen LogP contribution in [0.4, 0.5) is 5.69 Å². The summed E-state index contributed by atoms with van der Waals surface area (Å²) in [7, 11) is 0. The van der Waals surface area contributed by atoms with E-state index in [1.165, 1.54) is 15.9 Å². The molecule has 0 amide bonds. The van der Waals surface area contributed by atoms with Gasteiger partial charge in [-0.25, -0.2) is 4.98 Å². The number of aldehydes is 1. The van der Waals surface area contributed by atoms with Crippen molar-refractivity contribution in [2.45, 2.75) is 6.54 Å². The first-order valence-electron chi connectivity index (χ1n) is 5.65. The SMILES string of the molecule is O=CCn1c(-c2cscn2)nc2c(c1=O)NCCO2. The molecule has 0 spiro atoms. The number of aromatic nitrogens is 3. The molecule has 1 N–H and O–H groups in total. The minimum atomic E-state index is -0.320. The van der Waals surface area contributed by atoms with Crippen LogP contribution in [0.25, 0.3) is 11.5 Å². The third kappa shape index (κ3) is 1.99. The first-order valence-corrected chi connectivity index (χ1v) is 6.59. The Kier molecular flexibility index (Phi) is 3.00. The molecule has 0 radical (unpaired) electrons. The molecule has 98 valence electrons. The maximum absolute atomic E-state index is 12.3. The van der Waals surface area contributed by atoms with Crippen LogP contribution in [0.5, 0.6) is 5.88 Å². The molecule has 1 aliphatic rings. The third-order valence-electron chi connectivity index (χ3n) is 2.70. The zero-order valence-electron chi connectivity index (χ0n) is 9.83. The Balaban J connectivity index is 2.25. The van der Waals surface area contributed by atoms with Crippen LogP contribution in [0.1, 0.15) is 0 Å². The Hall–Kier alpha value is -2.22. The summed E-state index contributed by atoms with van der Waals surface area (Å²) in [4.78, 5) is 31.5. The number of thiazole rings is 1. The lowest BCUT2D eigenvalue weighted by molar-refractivity contribution is -0.108. The van der Waals surface area contributed by atoms with Crippen LogP contribution in [-0.4, -0.2) is 34.0 Å². The highest BCUT2D eigenvalue weighted by atomic mass is 32.1. The van der Waals surface area contributed by atoms with Crippen molar-refractivity contribution in [2.75, 3.05) is 18.5 Å². The molecule has 7 nitrogen and oxygen atoms in total. The minimum absolute atomic E-state index is 0.0619. The van der Waals surface area contributed by atoms with Crippen molar-refractivity contribution >= 4 is 23.3 Å². The number of rotatable bonds is 3. The van der Waals surface area contributed by atoms with E-state index in [2.05, 4.69) is 15.3 Å². The van der Waals surface area contributed by atoms with Gasteiger partial charge in [0, 0.05) is 11.9 Å². The van der Waals surface area contributed by atoms with Gasteiger partial charge in [-0.05, 0) is 0 Å². The number of hydrogen-bond acceptors (Lipinski definition) is 7. The summed E-state index contributed by atoms with van der Waals surface area (Å²) in [5.74, 6) is 0.613. The van der Waals surface area contributed by atoms with Gasteiger partial charge in [0.15, 0.2) is 11.5 Å². The molecule has 8 heteroatoms. The summed E-state index contributed by atoms with van der Waals surface area (Å²) in [6.45, 7) is 0.933. The molecule has 0 bridgehead atoms. The molecule has 2 aromatic heterocycles. The lowest BCUT2D eigenvalue weighted by Gasteiger charge is -2.19. The van der Waals surface area contributed by atoms with Crippen LogP contribution in [0.15, 0.2) is 15.7 Å². The van der Waals surface area contributed by atoms with Crippen molar-refractivity contribution in [2.24, 2.45) is 0 Å². The summed E-state index contributed by atoms with van der Waals surface area (Å²) >= 11 is 1.39. The van der Waals surface area contributed by atoms with Crippen molar-refractivity contribution in [3.63, 3.8) is 0 Å². The van der Waals surface area contributed by atoms with Crippen LogP contribution in [0.2, 0.25) is 0 Å². The Morgan fingerprint density at radius 3 is 3.21 bits per heavy atom. The second kappa shape index (κ2) is 4.81. The predicted molar refractivity (Wildman–Crippen MR) is 69.7 cm³/mol. The van der Waals surface area contributed by atoms with E-state index < -0.39 is 0 Å². The van der Waals surface area contributed by atoms with Gasteiger partial charge in [0.2, 0.25) is 5.88 Å². The summed E-state index contributed by atoms with van der Waals surface area (Å²) in [6, 6.07) is 0. The van der Waals surface area contributed by atoms with Crippen molar-refractivity contribution in [1.82, 2.24) is 14.5 Å².